The van der Waals surface area contributed by atoms with E-state index in [2.05, 4.69) is 46.1 Å². The van der Waals surface area contributed by atoms with Crippen LogP contribution in [0.15, 0.2) is 16.9 Å². The summed E-state index contributed by atoms with van der Waals surface area (Å²) in [6, 6.07) is 2.80. The second-order valence-electron chi connectivity index (χ2n) is 5.29. The summed E-state index contributed by atoms with van der Waals surface area (Å²) in [5, 5.41) is 3.63. The molecule has 1 heterocycles. The van der Waals surface area contributed by atoms with Crippen LogP contribution in [0.4, 0.5) is 5.69 Å². The average Bonchev–Trinajstić information content (AvgIpc) is 2.49. The van der Waals surface area contributed by atoms with Gasteiger partial charge in [-0.25, -0.2) is 4.98 Å². The third kappa shape index (κ3) is 3.70. The van der Waals surface area contributed by atoms with Crippen LogP contribution in [0, 0.1) is 12.8 Å². The lowest BCUT2D eigenvalue weighted by atomic mass is 10.0. The van der Waals surface area contributed by atoms with Gasteiger partial charge in [-0.1, -0.05) is 19.8 Å². The van der Waals surface area contributed by atoms with Gasteiger partial charge in [0.05, 0.1) is 11.9 Å². The first kappa shape index (κ1) is 12.9. The molecule has 94 valence electrons. The zero-order valence-electron chi connectivity index (χ0n) is 10.7. The summed E-state index contributed by atoms with van der Waals surface area (Å²) in [7, 11) is 0. The zero-order chi connectivity index (χ0) is 12.3. The van der Waals surface area contributed by atoms with E-state index < -0.39 is 0 Å². The molecule has 1 N–H and O–H groups in total. The fourth-order valence-corrected chi connectivity index (χ4v) is 2.72. The quantitative estimate of drug-likeness (QED) is 0.640. The highest BCUT2D eigenvalue weighted by atomic mass is 79.9. The van der Waals surface area contributed by atoms with Crippen molar-refractivity contribution in [3.05, 3.63) is 22.4 Å². The molecule has 2 atom stereocenters. The Labute approximate surface area is 112 Å². The zero-order valence-corrected chi connectivity index (χ0v) is 12.3. The van der Waals surface area contributed by atoms with Crippen molar-refractivity contribution in [3.8, 4) is 0 Å². The van der Waals surface area contributed by atoms with Gasteiger partial charge in [0.25, 0.3) is 0 Å². The topological polar surface area (TPSA) is 24.9 Å². The largest absolute Gasteiger partial charge is 0.381 e. The van der Waals surface area contributed by atoms with Crippen molar-refractivity contribution < 1.29 is 0 Å². The molecule has 1 aliphatic carbocycles. The summed E-state index contributed by atoms with van der Waals surface area (Å²) in [6.07, 6.45) is 8.58. The van der Waals surface area contributed by atoms with Crippen molar-refractivity contribution in [2.24, 2.45) is 5.92 Å². The molecule has 0 amide bonds. The summed E-state index contributed by atoms with van der Waals surface area (Å²) >= 11 is 3.44. The molecule has 1 fully saturated rings. The molecule has 0 aromatic carbocycles. The number of halogens is 1. The smallest absolute Gasteiger partial charge is 0.109 e. The minimum atomic E-state index is 0.627. The molecule has 1 saturated carbocycles. The van der Waals surface area contributed by atoms with E-state index in [9.17, 15) is 0 Å². The van der Waals surface area contributed by atoms with Gasteiger partial charge in [0, 0.05) is 6.04 Å². The normalized spacial score (nSPS) is 25.4. The predicted octanol–water partition coefficient (Wildman–Crippen LogP) is 4.53. The van der Waals surface area contributed by atoms with E-state index in [4.69, 9.17) is 0 Å². The van der Waals surface area contributed by atoms with Gasteiger partial charge in [-0.05, 0) is 59.7 Å². The highest BCUT2D eigenvalue weighted by Crippen LogP contribution is 2.25. The number of aryl methyl sites for hydroxylation is 1. The molecule has 2 rings (SSSR count). The Morgan fingerprint density at radius 2 is 2.12 bits per heavy atom. The van der Waals surface area contributed by atoms with Gasteiger partial charge in [-0.2, -0.15) is 0 Å². The number of nitrogens with zero attached hydrogens (tertiary/aromatic N) is 1. The molecule has 17 heavy (non-hydrogen) atoms. The molecule has 0 bridgehead atoms. The number of rotatable bonds is 2. The van der Waals surface area contributed by atoms with E-state index in [0.29, 0.717) is 6.04 Å². The van der Waals surface area contributed by atoms with Gasteiger partial charge >= 0.3 is 0 Å². The number of pyridine rings is 1. The van der Waals surface area contributed by atoms with E-state index in [1.54, 1.807) is 0 Å². The van der Waals surface area contributed by atoms with E-state index in [1.165, 1.54) is 37.7 Å². The molecule has 0 saturated heterocycles. The van der Waals surface area contributed by atoms with Gasteiger partial charge < -0.3 is 5.32 Å². The highest BCUT2D eigenvalue weighted by Gasteiger charge is 2.16. The first-order valence-corrected chi connectivity index (χ1v) is 7.33. The van der Waals surface area contributed by atoms with Crippen molar-refractivity contribution in [3.63, 3.8) is 0 Å². The minimum absolute atomic E-state index is 0.627. The maximum absolute atomic E-state index is 4.34. The first-order chi connectivity index (χ1) is 8.15. The molecule has 1 aromatic rings. The van der Waals surface area contributed by atoms with Gasteiger partial charge in [-0.3, -0.25) is 0 Å². The summed E-state index contributed by atoms with van der Waals surface area (Å²) in [5.41, 5.74) is 2.35. The van der Waals surface area contributed by atoms with Crippen LogP contribution in [0.1, 0.15) is 44.6 Å². The number of nitrogens with one attached hydrogen (secondary N) is 1. The van der Waals surface area contributed by atoms with Crippen LogP contribution in [0.3, 0.4) is 0 Å². The van der Waals surface area contributed by atoms with Crippen LogP contribution in [-0.4, -0.2) is 11.0 Å². The van der Waals surface area contributed by atoms with E-state index in [0.717, 1.165) is 16.2 Å². The fraction of sp³-hybridized carbons (Fsp3) is 0.643. The van der Waals surface area contributed by atoms with Crippen LogP contribution < -0.4 is 5.32 Å². The van der Waals surface area contributed by atoms with Crippen LogP contribution >= 0.6 is 15.9 Å². The lowest BCUT2D eigenvalue weighted by Crippen LogP contribution is -2.18. The molecule has 3 heteroatoms. The summed E-state index contributed by atoms with van der Waals surface area (Å²) < 4.78 is 0.942. The molecular formula is C14H21BrN2. The van der Waals surface area contributed by atoms with Crippen LogP contribution in [0.2, 0.25) is 0 Å². The van der Waals surface area contributed by atoms with Crippen LogP contribution in [-0.2, 0) is 0 Å². The number of hydrogen-bond donors (Lipinski definition) is 1. The SMILES string of the molecule is Cc1cc(NC2CCCC(C)CC2)cnc1Br. The lowest BCUT2D eigenvalue weighted by Gasteiger charge is -2.18. The average molecular weight is 297 g/mol. The van der Waals surface area contributed by atoms with Gasteiger partial charge in [0.15, 0.2) is 0 Å². The maximum Gasteiger partial charge on any atom is 0.109 e. The number of hydrogen-bond acceptors (Lipinski definition) is 2. The molecule has 2 nitrogen and oxygen atoms in total. The van der Waals surface area contributed by atoms with Gasteiger partial charge in [0.2, 0.25) is 0 Å². The molecule has 0 aliphatic heterocycles. The standard InChI is InChI=1S/C14H21BrN2/c1-10-4-3-5-12(7-6-10)17-13-8-11(2)14(15)16-9-13/h8-10,12,17H,3-7H2,1-2H3. The van der Waals surface area contributed by atoms with E-state index >= 15 is 0 Å². The van der Waals surface area contributed by atoms with Crippen molar-refractivity contribution in [2.75, 3.05) is 5.32 Å². The Bertz CT molecular complexity index is 378. The Morgan fingerprint density at radius 1 is 1.29 bits per heavy atom. The van der Waals surface area contributed by atoms with Crippen LogP contribution in [0.5, 0.6) is 0 Å². The van der Waals surface area contributed by atoms with Crippen molar-refractivity contribution in [1.82, 2.24) is 4.98 Å². The number of aromatic nitrogens is 1. The van der Waals surface area contributed by atoms with E-state index in [-0.39, 0.29) is 0 Å². The fourth-order valence-electron chi connectivity index (χ4n) is 2.50. The Morgan fingerprint density at radius 3 is 2.88 bits per heavy atom. The molecule has 0 radical (unpaired) electrons. The highest BCUT2D eigenvalue weighted by molar-refractivity contribution is 9.10. The predicted molar refractivity (Wildman–Crippen MR) is 76.3 cm³/mol. The second kappa shape index (κ2) is 5.85. The van der Waals surface area contributed by atoms with Crippen LogP contribution in [0.25, 0.3) is 0 Å². The third-order valence-electron chi connectivity index (χ3n) is 3.64. The first-order valence-electron chi connectivity index (χ1n) is 6.54. The molecule has 1 aromatic heterocycles. The Hall–Kier alpha value is -0.570. The monoisotopic (exact) mass is 296 g/mol. The van der Waals surface area contributed by atoms with Crippen molar-refractivity contribution >= 4 is 21.6 Å². The molecule has 1 aliphatic rings. The summed E-state index contributed by atoms with van der Waals surface area (Å²) in [5.74, 6) is 0.895. The minimum Gasteiger partial charge on any atom is -0.381 e. The Kier molecular flexibility index (Phi) is 4.43. The van der Waals surface area contributed by atoms with Crippen molar-refractivity contribution in [1.29, 1.82) is 0 Å². The summed E-state index contributed by atoms with van der Waals surface area (Å²) in [6.45, 7) is 4.45. The molecular weight excluding hydrogens is 276 g/mol. The van der Waals surface area contributed by atoms with E-state index in [1.807, 2.05) is 6.20 Å². The van der Waals surface area contributed by atoms with Gasteiger partial charge in [-0.15, -0.1) is 0 Å². The summed E-state index contributed by atoms with van der Waals surface area (Å²) in [4.78, 5) is 4.34. The number of anilines is 1. The van der Waals surface area contributed by atoms with Gasteiger partial charge in [0.1, 0.15) is 4.60 Å². The van der Waals surface area contributed by atoms with Crippen molar-refractivity contribution in [2.45, 2.75) is 52.0 Å². The lowest BCUT2D eigenvalue weighted by molar-refractivity contribution is 0.502. The Balaban J connectivity index is 1.97. The molecule has 2 unspecified atom stereocenters. The molecule has 0 spiro atoms. The third-order valence-corrected chi connectivity index (χ3v) is 4.47. The maximum atomic E-state index is 4.34. The second-order valence-corrected chi connectivity index (χ2v) is 6.04.